The van der Waals surface area contributed by atoms with E-state index in [4.69, 9.17) is 4.74 Å². The van der Waals surface area contributed by atoms with E-state index in [-0.39, 0.29) is 11.5 Å². The molecule has 1 N–H and O–H groups in total. The molecule has 1 aromatic carbocycles. The van der Waals surface area contributed by atoms with Crippen molar-refractivity contribution in [2.45, 2.75) is 52.2 Å². The van der Waals surface area contributed by atoms with E-state index in [9.17, 15) is 5.11 Å². The molecule has 0 spiro atoms. The van der Waals surface area contributed by atoms with Gasteiger partial charge in [0.2, 0.25) is 0 Å². The van der Waals surface area contributed by atoms with Crippen molar-refractivity contribution in [2.24, 2.45) is 16.7 Å². The fraction of sp³-hybridized carbons (Fsp3) is 0.739. The first-order valence-corrected chi connectivity index (χ1v) is 10.7. The summed E-state index contributed by atoms with van der Waals surface area (Å²) in [6.07, 6.45) is 3.81. The third kappa shape index (κ3) is 3.76. The van der Waals surface area contributed by atoms with Crippen molar-refractivity contribution in [2.75, 3.05) is 44.2 Å². The predicted molar refractivity (Wildman–Crippen MR) is 110 cm³/mol. The van der Waals surface area contributed by atoms with E-state index < -0.39 is 6.10 Å². The Morgan fingerprint density at radius 3 is 2.44 bits per heavy atom. The highest BCUT2D eigenvalue weighted by Crippen LogP contribution is 2.63. The standard InChI is InChI=1S/C23H36N2O2/c1-22(2)18-9-10-23(3,15-18)21(22)27-17-20(26)16-24-11-13-25(14-12-24)19-7-5-4-6-8-19/h4-8,18,20-21,26H,9-17H2,1-3H3/t18-,20-,21-,23+/m1/s1. The third-order valence-corrected chi connectivity index (χ3v) is 7.56. The summed E-state index contributed by atoms with van der Waals surface area (Å²) in [6.45, 7) is 12.3. The van der Waals surface area contributed by atoms with Crippen molar-refractivity contribution in [3.63, 3.8) is 0 Å². The summed E-state index contributed by atoms with van der Waals surface area (Å²) in [5.74, 6) is 0.788. The van der Waals surface area contributed by atoms with Gasteiger partial charge < -0.3 is 14.7 Å². The van der Waals surface area contributed by atoms with Crippen LogP contribution >= 0.6 is 0 Å². The quantitative estimate of drug-likeness (QED) is 0.830. The van der Waals surface area contributed by atoms with E-state index in [1.807, 2.05) is 0 Å². The number of nitrogens with zero attached hydrogens (tertiary/aromatic N) is 2. The number of hydrogen-bond acceptors (Lipinski definition) is 4. The second kappa shape index (κ2) is 7.38. The third-order valence-electron chi connectivity index (χ3n) is 7.56. The van der Waals surface area contributed by atoms with E-state index in [0.717, 1.165) is 38.6 Å². The van der Waals surface area contributed by atoms with Crippen molar-refractivity contribution < 1.29 is 9.84 Å². The fourth-order valence-corrected chi connectivity index (χ4v) is 6.06. The molecule has 1 heterocycles. The van der Waals surface area contributed by atoms with Gasteiger partial charge in [-0.15, -0.1) is 0 Å². The first-order chi connectivity index (χ1) is 12.9. The Morgan fingerprint density at radius 2 is 1.81 bits per heavy atom. The summed E-state index contributed by atoms with van der Waals surface area (Å²) in [5, 5.41) is 10.6. The van der Waals surface area contributed by atoms with Gasteiger partial charge in [-0.05, 0) is 48.1 Å². The topological polar surface area (TPSA) is 35.9 Å². The Balaban J connectivity index is 1.23. The number of aliphatic hydroxyl groups is 1. The van der Waals surface area contributed by atoms with Crippen LogP contribution in [0.3, 0.4) is 0 Å². The first kappa shape index (κ1) is 19.2. The van der Waals surface area contributed by atoms with E-state index in [2.05, 4.69) is 60.9 Å². The molecule has 27 heavy (non-hydrogen) atoms. The number of rotatable bonds is 6. The van der Waals surface area contributed by atoms with Gasteiger partial charge in [-0.25, -0.2) is 0 Å². The predicted octanol–water partition coefficient (Wildman–Crippen LogP) is 3.40. The highest BCUT2D eigenvalue weighted by Gasteiger charge is 2.60. The molecule has 2 bridgehead atoms. The van der Waals surface area contributed by atoms with Gasteiger partial charge >= 0.3 is 0 Å². The summed E-state index contributed by atoms with van der Waals surface area (Å²) >= 11 is 0. The lowest BCUT2D eigenvalue weighted by Crippen LogP contribution is -2.50. The minimum atomic E-state index is -0.396. The number of fused-ring (bicyclic) bond motifs is 2. The van der Waals surface area contributed by atoms with Crippen LogP contribution in [0.25, 0.3) is 0 Å². The second-order valence-electron chi connectivity index (χ2n) is 9.91. The van der Waals surface area contributed by atoms with Crippen molar-refractivity contribution in [1.29, 1.82) is 0 Å². The van der Waals surface area contributed by atoms with Gasteiger partial charge in [-0.3, -0.25) is 4.90 Å². The molecule has 4 nitrogen and oxygen atoms in total. The minimum Gasteiger partial charge on any atom is -0.389 e. The molecule has 0 amide bonds. The zero-order valence-electron chi connectivity index (χ0n) is 17.2. The van der Waals surface area contributed by atoms with Crippen molar-refractivity contribution in [3.8, 4) is 0 Å². The van der Waals surface area contributed by atoms with Crippen LogP contribution in [0.2, 0.25) is 0 Å². The molecule has 3 fully saturated rings. The van der Waals surface area contributed by atoms with Crippen LogP contribution < -0.4 is 4.90 Å². The van der Waals surface area contributed by atoms with E-state index in [1.54, 1.807) is 0 Å². The molecule has 0 unspecified atom stereocenters. The average Bonchev–Trinajstić information content (AvgIpc) is 3.14. The van der Waals surface area contributed by atoms with Crippen LogP contribution in [0.5, 0.6) is 0 Å². The Kier molecular flexibility index (Phi) is 5.26. The molecule has 2 saturated carbocycles. The van der Waals surface area contributed by atoms with Crippen molar-refractivity contribution in [1.82, 2.24) is 4.90 Å². The first-order valence-electron chi connectivity index (χ1n) is 10.7. The van der Waals surface area contributed by atoms with Crippen LogP contribution in [0.1, 0.15) is 40.0 Å². The van der Waals surface area contributed by atoms with Crippen LogP contribution in [0.15, 0.2) is 30.3 Å². The monoisotopic (exact) mass is 372 g/mol. The molecule has 0 radical (unpaired) electrons. The van der Waals surface area contributed by atoms with Crippen molar-refractivity contribution >= 4 is 5.69 Å². The molecule has 1 saturated heterocycles. The highest BCUT2D eigenvalue weighted by molar-refractivity contribution is 5.46. The van der Waals surface area contributed by atoms with Gasteiger partial charge in [-0.1, -0.05) is 39.0 Å². The Bertz CT molecular complexity index is 622. The number of hydrogen-bond donors (Lipinski definition) is 1. The minimum absolute atomic E-state index is 0.244. The number of piperazine rings is 1. The van der Waals surface area contributed by atoms with Gasteiger partial charge in [0.15, 0.2) is 0 Å². The average molecular weight is 373 g/mol. The number of aliphatic hydroxyl groups excluding tert-OH is 1. The van der Waals surface area contributed by atoms with E-state index in [1.165, 1.54) is 24.9 Å². The molecule has 4 rings (SSSR count). The molecule has 4 atom stereocenters. The Hall–Kier alpha value is -1.10. The molecule has 1 aromatic rings. The molecule has 4 heteroatoms. The van der Waals surface area contributed by atoms with Gasteiger partial charge in [0.25, 0.3) is 0 Å². The van der Waals surface area contributed by atoms with Crippen LogP contribution in [0.4, 0.5) is 5.69 Å². The Morgan fingerprint density at radius 1 is 1.11 bits per heavy atom. The summed E-state index contributed by atoms with van der Waals surface area (Å²) in [6, 6.07) is 10.6. The summed E-state index contributed by atoms with van der Waals surface area (Å²) in [5.41, 5.74) is 1.86. The maximum absolute atomic E-state index is 10.6. The lowest BCUT2D eigenvalue weighted by Gasteiger charge is -2.43. The number of ether oxygens (including phenoxy) is 1. The number of β-amino-alcohol motifs (C(OH)–C–C–N with tert-alkyl or cyclic N) is 1. The lowest BCUT2D eigenvalue weighted by molar-refractivity contribution is -0.113. The molecule has 2 aliphatic carbocycles. The number of para-hydroxylation sites is 1. The van der Waals surface area contributed by atoms with E-state index >= 15 is 0 Å². The molecule has 1 aliphatic heterocycles. The zero-order chi connectivity index (χ0) is 19.1. The SMILES string of the molecule is CC1(C)[C@@H]2CC[C@@](C)(C2)[C@@H]1OC[C@H](O)CN1CCN(c2ccccc2)CC1. The number of benzene rings is 1. The van der Waals surface area contributed by atoms with Crippen LogP contribution in [0, 0.1) is 16.7 Å². The Labute approximate surface area is 164 Å². The zero-order valence-corrected chi connectivity index (χ0v) is 17.2. The lowest BCUT2D eigenvalue weighted by atomic mass is 9.70. The van der Waals surface area contributed by atoms with Gasteiger partial charge in [0, 0.05) is 38.4 Å². The van der Waals surface area contributed by atoms with Crippen LogP contribution in [-0.2, 0) is 4.74 Å². The summed E-state index contributed by atoms with van der Waals surface area (Å²) in [7, 11) is 0. The second-order valence-corrected chi connectivity index (χ2v) is 9.91. The van der Waals surface area contributed by atoms with Crippen molar-refractivity contribution in [3.05, 3.63) is 30.3 Å². The van der Waals surface area contributed by atoms with Crippen LogP contribution in [-0.4, -0.2) is 61.5 Å². The number of anilines is 1. The molecular weight excluding hydrogens is 336 g/mol. The summed E-state index contributed by atoms with van der Waals surface area (Å²) < 4.78 is 6.36. The smallest absolute Gasteiger partial charge is 0.0900 e. The van der Waals surface area contributed by atoms with Gasteiger partial charge in [0.05, 0.1) is 18.8 Å². The van der Waals surface area contributed by atoms with E-state index in [0.29, 0.717) is 12.0 Å². The molecule has 0 aromatic heterocycles. The largest absolute Gasteiger partial charge is 0.389 e. The summed E-state index contributed by atoms with van der Waals surface area (Å²) in [4.78, 5) is 4.80. The van der Waals surface area contributed by atoms with Gasteiger partial charge in [-0.2, -0.15) is 0 Å². The van der Waals surface area contributed by atoms with Gasteiger partial charge in [0.1, 0.15) is 0 Å². The normalized spacial score (nSPS) is 34.1. The maximum Gasteiger partial charge on any atom is 0.0900 e. The molecule has 3 aliphatic rings. The molecule has 150 valence electrons. The fourth-order valence-electron chi connectivity index (χ4n) is 6.06. The highest BCUT2D eigenvalue weighted by atomic mass is 16.5. The maximum atomic E-state index is 10.6. The molecular formula is C23H36N2O2.